The second-order valence-corrected chi connectivity index (χ2v) is 4.19. The number of amides is 1. The fourth-order valence-electron chi connectivity index (χ4n) is 1.26. The van der Waals surface area contributed by atoms with Gasteiger partial charge in [0.1, 0.15) is 11.4 Å². The minimum absolute atomic E-state index is 0.292. The van der Waals surface area contributed by atoms with Crippen LogP contribution in [0, 0.1) is 0 Å². The minimum Gasteiger partial charge on any atom is -0.489 e. The van der Waals surface area contributed by atoms with Crippen LogP contribution in [0.2, 0.25) is 0 Å². The van der Waals surface area contributed by atoms with E-state index >= 15 is 0 Å². The van der Waals surface area contributed by atoms with Crippen LogP contribution in [0.15, 0.2) is 17.2 Å². The minimum atomic E-state index is -0.513. The van der Waals surface area contributed by atoms with Gasteiger partial charge in [0.25, 0.3) is 5.91 Å². The summed E-state index contributed by atoms with van der Waals surface area (Å²) >= 11 is 1.43. The average Bonchev–Trinajstić information content (AvgIpc) is 3.01. The van der Waals surface area contributed by atoms with Crippen molar-refractivity contribution in [1.82, 2.24) is 4.98 Å². The Balaban J connectivity index is 2.34. The molecule has 1 aromatic heterocycles. The molecule has 0 spiro atoms. The van der Waals surface area contributed by atoms with Gasteiger partial charge in [-0.1, -0.05) is 0 Å². The molecule has 0 unspecified atom stereocenters. The number of hydrogen-bond acceptors (Lipinski definition) is 4. The van der Waals surface area contributed by atoms with Gasteiger partial charge in [-0.3, -0.25) is 4.79 Å². The molecule has 1 saturated carbocycles. The molecule has 4 nitrogen and oxygen atoms in total. The Kier molecular flexibility index (Phi) is 2.81. The molecule has 2 rings (SSSR count). The van der Waals surface area contributed by atoms with Crippen LogP contribution in [0.4, 0.5) is 0 Å². The first-order chi connectivity index (χ1) is 7.22. The Bertz CT molecular complexity index is 391. The number of hydrogen-bond donors (Lipinski definition) is 1. The normalized spacial score (nSPS) is 15.0. The summed E-state index contributed by atoms with van der Waals surface area (Å²) in [4.78, 5) is 15.8. The summed E-state index contributed by atoms with van der Waals surface area (Å²) in [6.07, 6.45) is 5.91. The van der Waals surface area contributed by atoms with Gasteiger partial charge >= 0.3 is 0 Å². The number of carbonyl (C=O) groups is 1. The SMILES string of the molecule is CSc1c(OC2CC2)ccnc1C(N)=O. The molecule has 1 aliphatic carbocycles. The van der Waals surface area contributed by atoms with Gasteiger partial charge in [-0.25, -0.2) is 4.98 Å². The zero-order chi connectivity index (χ0) is 10.8. The lowest BCUT2D eigenvalue weighted by Crippen LogP contribution is -2.15. The number of nitrogens with two attached hydrogens (primary N) is 1. The van der Waals surface area contributed by atoms with Crippen LogP contribution in [0.1, 0.15) is 23.3 Å². The Morgan fingerprint density at radius 1 is 1.67 bits per heavy atom. The van der Waals surface area contributed by atoms with Crippen LogP contribution >= 0.6 is 11.8 Å². The number of primary amides is 1. The zero-order valence-corrected chi connectivity index (χ0v) is 9.21. The molecule has 15 heavy (non-hydrogen) atoms. The predicted molar refractivity (Wildman–Crippen MR) is 58.2 cm³/mol. The second kappa shape index (κ2) is 4.10. The number of pyridine rings is 1. The number of carbonyl (C=O) groups excluding carboxylic acids is 1. The Hall–Kier alpha value is -1.23. The van der Waals surface area contributed by atoms with Gasteiger partial charge in [0.05, 0.1) is 11.0 Å². The fourth-order valence-corrected chi connectivity index (χ4v) is 1.93. The first kappa shape index (κ1) is 10.3. The molecule has 1 aliphatic rings. The van der Waals surface area contributed by atoms with Crippen molar-refractivity contribution in [2.24, 2.45) is 5.73 Å². The Morgan fingerprint density at radius 2 is 2.40 bits per heavy atom. The molecular formula is C10H12N2O2S. The lowest BCUT2D eigenvalue weighted by atomic mass is 10.3. The largest absolute Gasteiger partial charge is 0.489 e. The molecule has 0 radical (unpaired) electrons. The van der Waals surface area contributed by atoms with Crippen molar-refractivity contribution in [3.05, 3.63) is 18.0 Å². The van der Waals surface area contributed by atoms with Gasteiger partial charge in [0.15, 0.2) is 0 Å². The van der Waals surface area contributed by atoms with Crippen molar-refractivity contribution in [2.75, 3.05) is 6.26 Å². The third kappa shape index (κ3) is 2.23. The lowest BCUT2D eigenvalue weighted by Gasteiger charge is -2.10. The standard InChI is InChI=1S/C10H12N2O2S/c1-15-9-7(14-6-2-3-6)4-5-12-8(9)10(11)13/h4-6H,2-3H2,1H3,(H2,11,13). The van der Waals surface area contributed by atoms with E-state index in [1.54, 1.807) is 12.3 Å². The fraction of sp³-hybridized carbons (Fsp3) is 0.400. The molecule has 0 aromatic carbocycles. The van der Waals surface area contributed by atoms with Crippen molar-refractivity contribution < 1.29 is 9.53 Å². The molecule has 1 fully saturated rings. The second-order valence-electron chi connectivity index (χ2n) is 3.37. The number of aromatic nitrogens is 1. The van der Waals surface area contributed by atoms with Crippen molar-refractivity contribution in [1.29, 1.82) is 0 Å². The molecule has 0 atom stereocenters. The van der Waals surface area contributed by atoms with Crippen molar-refractivity contribution in [3.8, 4) is 5.75 Å². The summed E-state index contributed by atoms with van der Waals surface area (Å²) in [5.74, 6) is 0.203. The van der Waals surface area contributed by atoms with E-state index in [4.69, 9.17) is 10.5 Å². The van der Waals surface area contributed by atoms with Crippen LogP contribution in [-0.4, -0.2) is 23.3 Å². The van der Waals surface area contributed by atoms with Crippen LogP contribution in [0.25, 0.3) is 0 Å². The quantitative estimate of drug-likeness (QED) is 0.786. The van der Waals surface area contributed by atoms with Gasteiger partial charge < -0.3 is 10.5 Å². The van der Waals surface area contributed by atoms with E-state index in [0.717, 1.165) is 17.7 Å². The summed E-state index contributed by atoms with van der Waals surface area (Å²) in [5, 5.41) is 0. The van der Waals surface area contributed by atoms with E-state index in [9.17, 15) is 4.79 Å². The highest BCUT2D eigenvalue weighted by molar-refractivity contribution is 7.98. The summed E-state index contributed by atoms with van der Waals surface area (Å²) in [6, 6.07) is 1.77. The van der Waals surface area contributed by atoms with Gasteiger partial charge in [0, 0.05) is 6.20 Å². The smallest absolute Gasteiger partial charge is 0.268 e. The molecule has 1 amide bonds. The average molecular weight is 224 g/mol. The van der Waals surface area contributed by atoms with Crippen LogP contribution in [0.3, 0.4) is 0 Å². The number of thioether (sulfide) groups is 1. The van der Waals surface area contributed by atoms with Gasteiger partial charge in [0.2, 0.25) is 0 Å². The zero-order valence-electron chi connectivity index (χ0n) is 8.40. The number of ether oxygens (including phenoxy) is 1. The molecule has 2 N–H and O–H groups in total. The van der Waals surface area contributed by atoms with E-state index in [0.29, 0.717) is 17.5 Å². The monoisotopic (exact) mass is 224 g/mol. The van der Waals surface area contributed by atoms with E-state index in [-0.39, 0.29) is 0 Å². The van der Waals surface area contributed by atoms with Crippen LogP contribution in [-0.2, 0) is 0 Å². The molecule has 5 heteroatoms. The summed E-state index contributed by atoms with van der Waals surface area (Å²) < 4.78 is 5.67. The predicted octanol–water partition coefficient (Wildman–Crippen LogP) is 1.44. The van der Waals surface area contributed by atoms with Crippen LogP contribution < -0.4 is 10.5 Å². The third-order valence-electron chi connectivity index (χ3n) is 2.12. The molecular weight excluding hydrogens is 212 g/mol. The maximum atomic E-state index is 11.1. The molecule has 80 valence electrons. The Labute approximate surface area is 92.2 Å². The first-order valence-electron chi connectivity index (χ1n) is 4.72. The van der Waals surface area contributed by atoms with Crippen molar-refractivity contribution in [2.45, 2.75) is 23.8 Å². The van der Waals surface area contributed by atoms with Crippen molar-refractivity contribution >= 4 is 17.7 Å². The number of nitrogens with zero attached hydrogens (tertiary/aromatic N) is 1. The Morgan fingerprint density at radius 3 is 2.93 bits per heavy atom. The molecule has 0 saturated heterocycles. The van der Waals surface area contributed by atoms with Crippen LogP contribution in [0.5, 0.6) is 5.75 Å². The van der Waals surface area contributed by atoms with Gasteiger partial charge in [-0.05, 0) is 25.2 Å². The summed E-state index contributed by atoms with van der Waals surface area (Å²) in [5.41, 5.74) is 5.53. The molecule has 0 aliphatic heterocycles. The highest BCUT2D eigenvalue weighted by Crippen LogP contribution is 2.34. The first-order valence-corrected chi connectivity index (χ1v) is 5.94. The summed E-state index contributed by atoms with van der Waals surface area (Å²) in [7, 11) is 0. The van der Waals surface area contributed by atoms with E-state index in [2.05, 4.69) is 4.98 Å². The number of rotatable bonds is 4. The maximum absolute atomic E-state index is 11.1. The van der Waals surface area contributed by atoms with E-state index in [1.165, 1.54) is 11.8 Å². The highest BCUT2D eigenvalue weighted by Gasteiger charge is 2.25. The van der Waals surface area contributed by atoms with Gasteiger partial charge in [-0.15, -0.1) is 11.8 Å². The van der Waals surface area contributed by atoms with Gasteiger partial charge in [-0.2, -0.15) is 0 Å². The molecule has 1 heterocycles. The maximum Gasteiger partial charge on any atom is 0.268 e. The molecule has 0 bridgehead atoms. The third-order valence-corrected chi connectivity index (χ3v) is 2.93. The van der Waals surface area contributed by atoms with E-state index in [1.807, 2.05) is 6.26 Å². The topological polar surface area (TPSA) is 65.2 Å². The lowest BCUT2D eigenvalue weighted by molar-refractivity contribution is 0.0991. The summed E-state index contributed by atoms with van der Waals surface area (Å²) in [6.45, 7) is 0. The van der Waals surface area contributed by atoms with Crippen molar-refractivity contribution in [3.63, 3.8) is 0 Å². The molecule has 1 aromatic rings. The van der Waals surface area contributed by atoms with E-state index < -0.39 is 5.91 Å². The highest BCUT2D eigenvalue weighted by atomic mass is 32.2.